The standard InChI is InChI=1S/C17H28N4S/c1-3-18-16(19-10-6-15-12-22-14(2)20-15)21-11-9-17(13-21)7-4-5-8-17/h12H,3-11,13H2,1-2H3,(H,18,19). The van der Waals surface area contributed by atoms with Gasteiger partial charge >= 0.3 is 0 Å². The van der Waals surface area contributed by atoms with E-state index in [1.807, 2.05) is 0 Å². The predicted octanol–water partition coefficient (Wildman–Crippen LogP) is 3.23. The lowest BCUT2D eigenvalue weighted by atomic mass is 9.86. The molecular weight excluding hydrogens is 292 g/mol. The number of nitrogens with zero attached hydrogens (tertiary/aromatic N) is 3. The van der Waals surface area contributed by atoms with Crippen molar-refractivity contribution in [2.45, 2.75) is 52.4 Å². The maximum Gasteiger partial charge on any atom is 0.193 e. The molecule has 1 aliphatic heterocycles. The molecule has 2 aliphatic rings. The van der Waals surface area contributed by atoms with E-state index in [-0.39, 0.29) is 0 Å². The van der Waals surface area contributed by atoms with E-state index >= 15 is 0 Å². The molecule has 1 saturated heterocycles. The van der Waals surface area contributed by atoms with Gasteiger partial charge in [-0.1, -0.05) is 12.8 Å². The van der Waals surface area contributed by atoms with E-state index in [1.54, 1.807) is 11.3 Å². The minimum Gasteiger partial charge on any atom is -0.357 e. The molecule has 5 heteroatoms. The number of aliphatic imine (C=N–C) groups is 1. The molecule has 22 heavy (non-hydrogen) atoms. The molecule has 1 aliphatic carbocycles. The number of likely N-dealkylation sites (tertiary alicyclic amines) is 1. The van der Waals surface area contributed by atoms with E-state index < -0.39 is 0 Å². The molecule has 2 fully saturated rings. The van der Waals surface area contributed by atoms with Crippen LogP contribution in [0.5, 0.6) is 0 Å². The van der Waals surface area contributed by atoms with Gasteiger partial charge in [0.15, 0.2) is 5.96 Å². The van der Waals surface area contributed by atoms with E-state index in [2.05, 4.69) is 34.4 Å². The maximum atomic E-state index is 4.85. The molecule has 0 amide bonds. The molecule has 1 saturated carbocycles. The normalized spacial score (nSPS) is 21.0. The van der Waals surface area contributed by atoms with Crippen LogP contribution in [0.4, 0.5) is 0 Å². The summed E-state index contributed by atoms with van der Waals surface area (Å²) in [6, 6.07) is 0. The van der Waals surface area contributed by atoms with Gasteiger partial charge in [0.25, 0.3) is 0 Å². The smallest absolute Gasteiger partial charge is 0.193 e. The number of hydrogen-bond donors (Lipinski definition) is 1. The predicted molar refractivity (Wildman–Crippen MR) is 93.6 cm³/mol. The third kappa shape index (κ3) is 3.62. The Bertz CT molecular complexity index is 516. The molecule has 2 heterocycles. The second-order valence-corrected chi connectivity index (χ2v) is 7.78. The van der Waals surface area contributed by atoms with Gasteiger partial charge in [0.05, 0.1) is 10.7 Å². The monoisotopic (exact) mass is 320 g/mol. The molecule has 0 aromatic carbocycles. The summed E-state index contributed by atoms with van der Waals surface area (Å²) in [5.41, 5.74) is 1.78. The molecule has 0 atom stereocenters. The average Bonchev–Trinajstić information content (AvgIpc) is 3.22. The highest BCUT2D eigenvalue weighted by molar-refractivity contribution is 7.09. The Morgan fingerprint density at radius 3 is 2.91 bits per heavy atom. The molecule has 1 spiro atoms. The summed E-state index contributed by atoms with van der Waals surface area (Å²) < 4.78 is 0. The Morgan fingerprint density at radius 1 is 1.41 bits per heavy atom. The van der Waals surface area contributed by atoms with Crippen molar-refractivity contribution in [3.63, 3.8) is 0 Å². The zero-order chi connectivity index (χ0) is 15.4. The van der Waals surface area contributed by atoms with E-state index in [0.29, 0.717) is 5.41 Å². The van der Waals surface area contributed by atoms with Crippen molar-refractivity contribution in [1.82, 2.24) is 15.2 Å². The molecule has 0 bridgehead atoms. The minimum atomic E-state index is 0.599. The second-order valence-electron chi connectivity index (χ2n) is 6.72. The van der Waals surface area contributed by atoms with Crippen molar-refractivity contribution < 1.29 is 0 Å². The van der Waals surface area contributed by atoms with Crippen LogP contribution in [-0.2, 0) is 6.42 Å². The lowest BCUT2D eigenvalue weighted by Crippen LogP contribution is -2.41. The molecule has 1 aromatic heterocycles. The summed E-state index contributed by atoms with van der Waals surface area (Å²) >= 11 is 1.73. The van der Waals surface area contributed by atoms with Gasteiger partial charge in [0.1, 0.15) is 0 Å². The summed E-state index contributed by atoms with van der Waals surface area (Å²) in [7, 11) is 0. The molecular formula is C17H28N4S. The molecule has 122 valence electrons. The van der Waals surface area contributed by atoms with Crippen LogP contribution in [0.15, 0.2) is 10.4 Å². The topological polar surface area (TPSA) is 40.5 Å². The first-order valence-corrected chi connectivity index (χ1v) is 9.53. The van der Waals surface area contributed by atoms with Crippen molar-refractivity contribution in [3.05, 3.63) is 16.1 Å². The third-order valence-electron chi connectivity index (χ3n) is 5.03. The SMILES string of the molecule is CCNC(=NCCc1csc(C)n1)N1CCC2(CCCC2)C1. The summed E-state index contributed by atoms with van der Waals surface area (Å²) in [6.45, 7) is 8.36. The van der Waals surface area contributed by atoms with Crippen LogP contribution >= 0.6 is 11.3 Å². The molecule has 4 nitrogen and oxygen atoms in total. The average molecular weight is 321 g/mol. The van der Waals surface area contributed by atoms with E-state index in [1.165, 1.54) is 50.9 Å². The van der Waals surface area contributed by atoms with Crippen LogP contribution in [0.2, 0.25) is 0 Å². The first-order valence-electron chi connectivity index (χ1n) is 8.65. The van der Waals surface area contributed by atoms with Gasteiger partial charge in [-0.15, -0.1) is 11.3 Å². The van der Waals surface area contributed by atoms with Gasteiger partial charge in [-0.05, 0) is 38.5 Å². The van der Waals surface area contributed by atoms with Crippen LogP contribution in [0.25, 0.3) is 0 Å². The van der Waals surface area contributed by atoms with Gasteiger partial charge in [0, 0.05) is 38.0 Å². The highest BCUT2D eigenvalue weighted by Gasteiger charge is 2.41. The quantitative estimate of drug-likeness (QED) is 0.684. The van der Waals surface area contributed by atoms with Crippen molar-refractivity contribution in [3.8, 4) is 0 Å². The number of hydrogen-bond acceptors (Lipinski definition) is 3. The minimum absolute atomic E-state index is 0.599. The number of aromatic nitrogens is 1. The number of nitrogens with one attached hydrogen (secondary N) is 1. The first kappa shape index (κ1) is 15.8. The number of aryl methyl sites for hydroxylation is 1. The molecule has 1 aromatic rings. The number of thiazole rings is 1. The molecule has 0 unspecified atom stereocenters. The summed E-state index contributed by atoms with van der Waals surface area (Å²) in [5, 5.41) is 6.78. The maximum absolute atomic E-state index is 4.85. The fourth-order valence-corrected chi connectivity index (χ4v) is 4.52. The van der Waals surface area contributed by atoms with Crippen LogP contribution in [0.3, 0.4) is 0 Å². The first-order chi connectivity index (χ1) is 10.7. The summed E-state index contributed by atoms with van der Waals surface area (Å²) in [5.74, 6) is 1.11. The molecule has 3 rings (SSSR count). The molecule has 0 radical (unpaired) electrons. The number of rotatable bonds is 4. The zero-order valence-electron chi connectivity index (χ0n) is 13.9. The van der Waals surface area contributed by atoms with E-state index in [9.17, 15) is 0 Å². The lowest BCUT2D eigenvalue weighted by Gasteiger charge is -2.25. The Hall–Kier alpha value is -1.10. The fraction of sp³-hybridized carbons (Fsp3) is 0.765. The van der Waals surface area contributed by atoms with Crippen LogP contribution in [0.1, 0.15) is 49.7 Å². The highest BCUT2D eigenvalue weighted by atomic mass is 32.1. The van der Waals surface area contributed by atoms with Gasteiger partial charge in [-0.3, -0.25) is 4.99 Å². The summed E-state index contributed by atoms with van der Waals surface area (Å²) in [6.07, 6.45) is 7.97. The Labute approximate surface area is 138 Å². The lowest BCUT2D eigenvalue weighted by molar-refractivity contribution is 0.309. The zero-order valence-corrected chi connectivity index (χ0v) is 14.7. The molecule has 1 N–H and O–H groups in total. The Kier molecular flexibility index (Phi) is 5.01. The second kappa shape index (κ2) is 6.99. The Balaban J connectivity index is 1.58. The largest absolute Gasteiger partial charge is 0.357 e. The van der Waals surface area contributed by atoms with Gasteiger partial charge in [0.2, 0.25) is 0 Å². The third-order valence-corrected chi connectivity index (χ3v) is 5.86. The van der Waals surface area contributed by atoms with E-state index in [4.69, 9.17) is 4.99 Å². The van der Waals surface area contributed by atoms with Gasteiger partial charge in [-0.2, -0.15) is 0 Å². The van der Waals surface area contributed by atoms with Crippen molar-refractivity contribution in [1.29, 1.82) is 0 Å². The van der Waals surface area contributed by atoms with Crippen molar-refractivity contribution in [2.24, 2.45) is 10.4 Å². The Morgan fingerprint density at radius 2 is 2.23 bits per heavy atom. The van der Waals surface area contributed by atoms with Crippen LogP contribution < -0.4 is 5.32 Å². The van der Waals surface area contributed by atoms with Gasteiger partial charge < -0.3 is 10.2 Å². The van der Waals surface area contributed by atoms with Crippen LogP contribution in [0, 0.1) is 12.3 Å². The highest BCUT2D eigenvalue weighted by Crippen LogP contribution is 2.45. The fourth-order valence-electron chi connectivity index (χ4n) is 3.87. The van der Waals surface area contributed by atoms with Crippen LogP contribution in [-0.4, -0.2) is 42.0 Å². The summed E-state index contributed by atoms with van der Waals surface area (Å²) in [4.78, 5) is 11.9. The van der Waals surface area contributed by atoms with Gasteiger partial charge in [-0.25, -0.2) is 4.98 Å². The van der Waals surface area contributed by atoms with E-state index in [0.717, 1.165) is 30.5 Å². The van der Waals surface area contributed by atoms with Crippen molar-refractivity contribution >= 4 is 17.3 Å². The van der Waals surface area contributed by atoms with Crippen molar-refractivity contribution in [2.75, 3.05) is 26.2 Å². The number of guanidine groups is 1.